The first-order valence-electron chi connectivity index (χ1n) is 8.83. The van der Waals surface area contributed by atoms with E-state index in [9.17, 15) is 13.2 Å². The molecular weight excluding hydrogens is 392 g/mol. The predicted octanol–water partition coefficient (Wildman–Crippen LogP) is 3.94. The zero-order chi connectivity index (χ0) is 20.3. The summed E-state index contributed by atoms with van der Waals surface area (Å²) in [6, 6.07) is 14.2. The van der Waals surface area contributed by atoms with E-state index in [2.05, 4.69) is 10.3 Å². The van der Waals surface area contributed by atoms with Crippen molar-refractivity contribution in [2.75, 3.05) is 6.26 Å². The number of sulfone groups is 1. The van der Waals surface area contributed by atoms with Crippen LogP contribution in [0.5, 0.6) is 0 Å². The second kappa shape index (κ2) is 8.24. The highest BCUT2D eigenvalue weighted by atomic mass is 32.2. The highest BCUT2D eigenvalue weighted by Gasteiger charge is 2.12. The van der Waals surface area contributed by atoms with Crippen LogP contribution in [0.15, 0.2) is 58.8 Å². The maximum absolute atomic E-state index is 12.4. The van der Waals surface area contributed by atoms with E-state index in [0.29, 0.717) is 0 Å². The van der Waals surface area contributed by atoms with Crippen molar-refractivity contribution in [1.82, 2.24) is 10.3 Å². The average Bonchev–Trinajstić information content (AvgIpc) is 3.08. The van der Waals surface area contributed by atoms with Crippen LogP contribution in [-0.2, 0) is 21.1 Å². The number of amides is 1. The predicted molar refractivity (Wildman–Crippen MR) is 112 cm³/mol. The Morgan fingerprint density at radius 3 is 2.29 bits per heavy atom. The molecule has 1 heterocycles. The van der Waals surface area contributed by atoms with Crippen molar-refractivity contribution in [1.29, 1.82) is 0 Å². The Bertz CT molecular complexity index is 1070. The lowest BCUT2D eigenvalue weighted by atomic mass is 10.1. The van der Waals surface area contributed by atoms with Crippen LogP contribution in [0.25, 0.3) is 11.3 Å². The minimum Gasteiger partial charge on any atom is -0.349 e. The Kier molecular flexibility index (Phi) is 5.96. The van der Waals surface area contributed by atoms with Gasteiger partial charge in [0.05, 0.1) is 28.1 Å². The summed E-state index contributed by atoms with van der Waals surface area (Å²) in [5.74, 6) is -0.0862. The van der Waals surface area contributed by atoms with Crippen molar-refractivity contribution in [2.24, 2.45) is 0 Å². The molecule has 2 aromatic carbocycles. The van der Waals surface area contributed by atoms with Crippen LogP contribution in [0.3, 0.4) is 0 Å². The van der Waals surface area contributed by atoms with Gasteiger partial charge in [-0.3, -0.25) is 4.79 Å². The van der Waals surface area contributed by atoms with Gasteiger partial charge in [0.25, 0.3) is 0 Å². The fourth-order valence-electron chi connectivity index (χ4n) is 2.85. The largest absolute Gasteiger partial charge is 0.349 e. The van der Waals surface area contributed by atoms with Crippen LogP contribution in [0.4, 0.5) is 0 Å². The van der Waals surface area contributed by atoms with E-state index in [1.165, 1.54) is 6.26 Å². The molecular formula is C21H22N2O3S2. The van der Waals surface area contributed by atoms with Crippen LogP contribution in [0.2, 0.25) is 0 Å². The Hall–Kier alpha value is -2.51. The average molecular weight is 415 g/mol. The molecule has 28 heavy (non-hydrogen) atoms. The highest BCUT2D eigenvalue weighted by Crippen LogP contribution is 2.22. The van der Waals surface area contributed by atoms with E-state index in [4.69, 9.17) is 0 Å². The van der Waals surface area contributed by atoms with Gasteiger partial charge in [0.1, 0.15) is 0 Å². The third kappa shape index (κ3) is 5.05. The molecule has 7 heteroatoms. The molecule has 0 bridgehead atoms. The molecule has 3 aromatic rings. The van der Waals surface area contributed by atoms with E-state index in [-0.39, 0.29) is 23.3 Å². The molecule has 0 saturated heterocycles. The molecule has 0 saturated carbocycles. The minimum atomic E-state index is -3.22. The fraction of sp³-hybridized carbons (Fsp3) is 0.238. The van der Waals surface area contributed by atoms with Gasteiger partial charge in [-0.15, -0.1) is 11.3 Å². The summed E-state index contributed by atoms with van der Waals surface area (Å²) in [5, 5.41) is 6.00. The molecule has 0 aliphatic rings. The zero-order valence-corrected chi connectivity index (χ0v) is 17.6. The molecule has 1 amide bonds. The third-order valence-corrected chi connectivity index (χ3v) is 6.32. The van der Waals surface area contributed by atoms with Crippen LogP contribution in [0, 0.1) is 6.92 Å². The Morgan fingerprint density at radius 2 is 1.75 bits per heavy atom. The second-order valence-corrected chi connectivity index (χ2v) is 9.83. The van der Waals surface area contributed by atoms with Crippen molar-refractivity contribution in [3.63, 3.8) is 0 Å². The van der Waals surface area contributed by atoms with Gasteiger partial charge in [-0.05, 0) is 37.1 Å². The number of nitrogens with one attached hydrogen (secondary N) is 1. The molecule has 1 N–H and O–H groups in total. The summed E-state index contributed by atoms with van der Waals surface area (Å²) in [6.45, 7) is 3.85. The highest BCUT2D eigenvalue weighted by molar-refractivity contribution is 7.90. The number of carbonyl (C=O) groups excluding carboxylic acids is 1. The Balaban J connectivity index is 1.60. The molecule has 146 valence electrons. The lowest BCUT2D eigenvalue weighted by Crippen LogP contribution is -2.28. The topological polar surface area (TPSA) is 76.1 Å². The summed E-state index contributed by atoms with van der Waals surface area (Å²) < 4.78 is 23.1. The fourth-order valence-corrected chi connectivity index (χ4v) is 4.11. The minimum absolute atomic E-state index is 0.0862. The van der Waals surface area contributed by atoms with Crippen LogP contribution in [0.1, 0.15) is 29.1 Å². The molecule has 1 aromatic heterocycles. The maximum atomic E-state index is 12.4. The van der Waals surface area contributed by atoms with Crippen molar-refractivity contribution in [2.45, 2.75) is 31.2 Å². The lowest BCUT2D eigenvalue weighted by Gasteiger charge is -2.15. The van der Waals surface area contributed by atoms with Gasteiger partial charge in [-0.1, -0.05) is 36.4 Å². The van der Waals surface area contributed by atoms with Gasteiger partial charge in [0, 0.05) is 17.2 Å². The molecule has 0 aliphatic carbocycles. The molecule has 0 radical (unpaired) electrons. The molecule has 1 unspecified atom stereocenters. The van der Waals surface area contributed by atoms with Gasteiger partial charge in [0.2, 0.25) is 5.91 Å². The number of thiazole rings is 1. The standard InChI is InChI=1S/C21H22N2O3S2/c1-14(17-8-10-19(11-9-17)28(3,25)26)22-21(24)12-16-4-6-18(7-5-16)20-13-27-15(2)23-20/h4-11,13-14H,12H2,1-3H3,(H,22,24). The molecule has 0 fully saturated rings. The van der Waals surface area contributed by atoms with E-state index >= 15 is 0 Å². The summed E-state index contributed by atoms with van der Waals surface area (Å²) in [4.78, 5) is 17.1. The molecule has 1 atom stereocenters. The van der Waals surface area contributed by atoms with Gasteiger partial charge < -0.3 is 5.32 Å². The van der Waals surface area contributed by atoms with E-state index in [0.717, 1.165) is 27.4 Å². The number of hydrogen-bond acceptors (Lipinski definition) is 5. The monoisotopic (exact) mass is 414 g/mol. The third-order valence-electron chi connectivity index (χ3n) is 4.42. The van der Waals surface area contributed by atoms with Crippen LogP contribution in [-0.4, -0.2) is 25.6 Å². The first-order chi connectivity index (χ1) is 13.2. The number of hydrogen-bond donors (Lipinski definition) is 1. The Labute approximate surface area is 169 Å². The number of nitrogens with zero attached hydrogens (tertiary/aromatic N) is 1. The van der Waals surface area contributed by atoms with Crippen molar-refractivity contribution < 1.29 is 13.2 Å². The quantitative estimate of drug-likeness (QED) is 0.663. The van der Waals surface area contributed by atoms with Gasteiger partial charge >= 0.3 is 0 Å². The first kappa shape index (κ1) is 20.2. The van der Waals surface area contributed by atoms with Crippen molar-refractivity contribution in [3.05, 3.63) is 70.0 Å². The summed E-state index contributed by atoms with van der Waals surface area (Å²) >= 11 is 1.61. The van der Waals surface area contributed by atoms with Crippen LogP contribution >= 0.6 is 11.3 Å². The van der Waals surface area contributed by atoms with E-state index < -0.39 is 9.84 Å². The molecule has 0 aliphatic heterocycles. The Morgan fingerprint density at radius 1 is 1.11 bits per heavy atom. The maximum Gasteiger partial charge on any atom is 0.224 e. The molecule has 5 nitrogen and oxygen atoms in total. The van der Waals surface area contributed by atoms with Gasteiger partial charge in [-0.2, -0.15) is 0 Å². The summed E-state index contributed by atoms with van der Waals surface area (Å²) in [7, 11) is -3.22. The van der Waals surface area contributed by atoms with Crippen molar-refractivity contribution in [3.8, 4) is 11.3 Å². The van der Waals surface area contributed by atoms with E-state index in [1.54, 1.807) is 35.6 Å². The number of carbonyl (C=O) groups is 1. The van der Waals surface area contributed by atoms with Gasteiger partial charge in [0.15, 0.2) is 9.84 Å². The lowest BCUT2D eigenvalue weighted by molar-refractivity contribution is -0.121. The molecule has 0 spiro atoms. The smallest absolute Gasteiger partial charge is 0.224 e. The number of aromatic nitrogens is 1. The van der Waals surface area contributed by atoms with E-state index in [1.807, 2.05) is 43.5 Å². The number of rotatable bonds is 6. The summed E-state index contributed by atoms with van der Waals surface area (Å²) in [6.07, 6.45) is 1.45. The normalized spacial score (nSPS) is 12.5. The zero-order valence-electron chi connectivity index (χ0n) is 16.0. The second-order valence-electron chi connectivity index (χ2n) is 6.76. The number of aryl methyl sites for hydroxylation is 1. The SMILES string of the molecule is Cc1nc(-c2ccc(CC(=O)NC(C)c3ccc(S(C)(=O)=O)cc3)cc2)cs1. The summed E-state index contributed by atoms with van der Waals surface area (Å²) in [5.41, 5.74) is 3.76. The molecule has 3 rings (SSSR count). The van der Waals surface area contributed by atoms with Crippen molar-refractivity contribution >= 4 is 27.1 Å². The first-order valence-corrected chi connectivity index (χ1v) is 11.6. The number of benzene rings is 2. The van der Waals surface area contributed by atoms with Crippen LogP contribution < -0.4 is 5.32 Å². The van der Waals surface area contributed by atoms with Gasteiger partial charge in [-0.25, -0.2) is 13.4 Å².